The van der Waals surface area contributed by atoms with Gasteiger partial charge in [0.25, 0.3) is 0 Å². The predicted molar refractivity (Wildman–Crippen MR) is 182 cm³/mol. The third kappa shape index (κ3) is 9.08. The van der Waals surface area contributed by atoms with Crippen molar-refractivity contribution in [2.24, 2.45) is 0 Å². The van der Waals surface area contributed by atoms with Gasteiger partial charge in [0.1, 0.15) is 18.5 Å². The van der Waals surface area contributed by atoms with E-state index in [0.717, 1.165) is 19.3 Å². The van der Waals surface area contributed by atoms with Gasteiger partial charge in [-0.05, 0) is 42.3 Å². The molecule has 0 radical (unpaired) electrons. The predicted octanol–water partition coefficient (Wildman–Crippen LogP) is 6.39. The van der Waals surface area contributed by atoms with Gasteiger partial charge in [-0.3, -0.25) is 14.4 Å². The Morgan fingerprint density at radius 2 is 1.74 bits per heavy atom. The van der Waals surface area contributed by atoms with Crippen LogP contribution in [0.5, 0.6) is 11.5 Å². The number of hydrogen-bond acceptors (Lipinski definition) is 7. The van der Waals surface area contributed by atoms with Crippen LogP contribution in [0.1, 0.15) is 98.5 Å². The minimum Gasteiger partial charge on any atom is -0.493 e. The molecule has 1 aliphatic carbocycles. The molecule has 256 valence electrons. The molecule has 2 aromatic rings. The molecule has 3 N–H and O–H groups in total. The highest BCUT2D eigenvalue weighted by Gasteiger charge is 2.51. The number of aldehydes is 1. The second-order valence-corrected chi connectivity index (χ2v) is 13.1. The Kier molecular flexibility index (Phi) is 14.0. The molecule has 1 aliphatic heterocycles. The number of aliphatic hydroxyl groups is 2. The minimum atomic E-state index is -1.25. The molecule has 4 unspecified atom stereocenters. The van der Waals surface area contributed by atoms with Crippen LogP contribution in [0.2, 0.25) is 10.0 Å². The van der Waals surface area contributed by atoms with Gasteiger partial charge in [-0.15, -0.1) is 0 Å². The largest absolute Gasteiger partial charge is 0.493 e. The summed E-state index contributed by atoms with van der Waals surface area (Å²) in [5.74, 6) is -0.805. The lowest BCUT2D eigenvalue weighted by Gasteiger charge is -2.41. The highest BCUT2D eigenvalue weighted by atomic mass is 35.5. The van der Waals surface area contributed by atoms with Gasteiger partial charge in [0.15, 0.2) is 11.5 Å². The van der Waals surface area contributed by atoms with E-state index in [-0.39, 0.29) is 37.6 Å². The van der Waals surface area contributed by atoms with Gasteiger partial charge in [0.2, 0.25) is 11.8 Å². The molecule has 0 bridgehead atoms. The SMILES string of the molecule is CCCCCCCCCCCC(=O)N(Cc1ccc(Cl)cc1Cl)C1C=C(C(=O)NCCO)C2c3cc(C=O)cc(OC)c3OC2C1O. The summed E-state index contributed by atoms with van der Waals surface area (Å²) in [5.41, 5.74) is 1.74. The molecule has 2 aromatic carbocycles. The summed E-state index contributed by atoms with van der Waals surface area (Å²) in [6.07, 6.45) is 10.3. The summed E-state index contributed by atoms with van der Waals surface area (Å²) >= 11 is 12.7. The fourth-order valence-corrected chi connectivity index (χ4v) is 6.95. The summed E-state index contributed by atoms with van der Waals surface area (Å²) < 4.78 is 11.8. The van der Waals surface area contributed by atoms with Gasteiger partial charge < -0.3 is 29.9 Å². The molecular weight excluding hydrogens is 643 g/mol. The molecule has 0 aromatic heterocycles. The van der Waals surface area contributed by atoms with Crippen molar-refractivity contribution in [1.82, 2.24) is 10.2 Å². The highest BCUT2D eigenvalue weighted by Crippen LogP contribution is 2.51. The van der Waals surface area contributed by atoms with E-state index in [1.165, 1.54) is 45.3 Å². The number of amides is 2. The van der Waals surface area contributed by atoms with Crippen molar-refractivity contribution in [3.05, 3.63) is 68.7 Å². The Balaban J connectivity index is 1.65. The van der Waals surface area contributed by atoms with Crippen molar-refractivity contribution in [3.8, 4) is 11.5 Å². The molecule has 11 heteroatoms. The number of nitrogens with zero attached hydrogens (tertiary/aromatic N) is 1. The molecule has 0 fully saturated rings. The van der Waals surface area contributed by atoms with Gasteiger partial charge in [0, 0.05) is 46.3 Å². The van der Waals surface area contributed by atoms with Crippen LogP contribution in [0, 0.1) is 0 Å². The topological polar surface area (TPSA) is 125 Å². The molecule has 0 saturated heterocycles. The van der Waals surface area contributed by atoms with Crippen LogP contribution in [0.25, 0.3) is 0 Å². The van der Waals surface area contributed by atoms with Crippen LogP contribution in [-0.4, -0.2) is 71.7 Å². The number of benzene rings is 2. The van der Waals surface area contributed by atoms with E-state index in [1.807, 2.05) is 0 Å². The normalized spacial score (nSPS) is 19.7. The van der Waals surface area contributed by atoms with Crippen LogP contribution in [0.15, 0.2) is 42.0 Å². The van der Waals surface area contributed by atoms with E-state index in [9.17, 15) is 24.6 Å². The molecule has 2 aliphatic rings. The zero-order valence-corrected chi connectivity index (χ0v) is 28.7. The maximum absolute atomic E-state index is 14.0. The van der Waals surface area contributed by atoms with E-state index < -0.39 is 30.1 Å². The third-order valence-electron chi connectivity index (χ3n) is 8.94. The standard InChI is InChI=1S/C36H46Cl2N2O7/c1-3-4-5-6-7-8-9-10-11-12-31(43)40(21-24-13-14-25(37)19-28(24)38)29-20-27(36(45)39-15-16-41)32-26-17-23(22-42)18-30(46-2)34(26)47-35(32)33(29)44/h13-14,17-20,22,29,32-33,35,41,44H,3-12,15-16,21H2,1-2H3,(H,39,45). The number of rotatable bonds is 18. The summed E-state index contributed by atoms with van der Waals surface area (Å²) in [4.78, 5) is 40.9. The Bertz CT molecular complexity index is 1430. The van der Waals surface area contributed by atoms with Crippen LogP contribution in [0.3, 0.4) is 0 Å². The molecule has 1 heterocycles. The molecule has 2 amide bonds. The van der Waals surface area contributed by atoms with E-state index in [0.29, 0.717) is 50.9 Å². The number of methoxy groups -OCH3 is 1. The summed E-state index contributed by atoms with van der Waals surface area (Å²) in [5, 5.41) is 24.9. The monoisotopic (exact) mass is 688 g/mol. The maximum atomic E-state index is 14.0. The fraction of sp³-hybridized carbons (Fsp3) is 0.528. The van der Waals surface area contributed by atoms with Gasteiger partial charge in [-0.1, -0.05) is 87.6 Å². The molecular formula is C36H46Cl2N2O7. The van der Waals surface area contributed by atoms with Crippen molar-refractivity contribution >= 4 is 41.3 Å². The number of aliphatic hydroxyl groups excluding tert-OH is 2. The third-order valence-corrected chi connectivity index (χ3v) is 9.53. The number of halogens is 2. The zero-order chi connectivity index (χ0) is 33.9. The van der Waals surface area contributed by atoms with E-state index >= 15 is 0 Å². The van der Waals surface area contributed by atoms with Gasteiger partial charge in [-0.2, -0.15) is 0 Å². The van der Waals surface area contributed by atoms with Gasteiger partial charge >= 0.3 is 0 Å². The average Bonchev–Trinajstić information content (AvgIpc) is 3.46. The highest BCUT2D eigenvalue weighted by molar-refractivity contribution is 6.35. The lowest BCUT2D eigenvalue weighted by atomic mass is 9.77. The number of carbonyl (C=O) groups excluding carboxylic acids is 3. The van der Waals surface area contributed by atoms with Crippen molar-refractivity contribution in [2.45, 2.75) is 102 Å². The first-order chi connectivity index (χ1) is 22.7. The van der Waals surface area contributed by atoms with Gasteiger partial charge in [-0.25, -0.2) is 0 Å². The summed E-state index contributed by atoms with van der Waals surface area (Å²) in [7, 11) is 1.45. The number of ether oxygens (including phenoxy) is 2. The molecule has 4 rings (SSSR count). The molecule has 4 atom stereocenters. The van der Waals surface area contributed by atoms with Crippen LogP contribution in [-0.2, 0) is 16.1 Å². The van der Waals surface area contributed by atoms with Crippen molar-refractivity contribution in [2.75, 3.05) is 20.3 Å². The number of carbonyl (C=O) groups is 3. The Morgan fingerprint density at radius 3 is 2.38 bits per heavy atom. The first-order valence-electron chi connectivity index (χ1n) is 16.6. The van der Waals surface area contributed by atoms with Gasteiger partial charge in [0.05, 0.1) is 25.7 Å². The first kappa shape index (κ1) is 36.7. The summed E-state index contributed by atoms with van der Waals surface area (Å²) in [6, 6.07) is 7.24. The van der Waals surface area contributed by atoms with E-state index in [2.05, 4.69) is 12.2 Å². The Labute approximate surface area is 287 Å². The second kappa shape index (κ2) is 17.9. The lowest BCUT2D eigenvalue weighted by molar-refractivity contribution is -0.138. The van der Waals surface area contributed by atoms with Crippen molar-refractivity contribution in [3.63, 3.8) is 0 Å². The Morgan fingerprint density at radius 1 is 1.04 bits per heavy atom. The van der Waals surface area contributed by atoms with E-state index in [4.69, 9.17) is 32.7 Å². The zero-order valence-electron chi connectivity index (χ0n) is 27.2. The molecule has 0 spiro atoms. The Hall–Kier alpha value is -3.11. The van der Waals surface area contributed by atoms with Crippen molar-refractivity contribution < 1.29 is 34.1 Å². The molecule has 0 saturated carbocycles. The molecule has 9 nitrogen and oxygen atoms in total. The summed E-state index contributed by atoms with van der Waals surface area (Å²) in [6.45, 7) is 2.01. The second-order valence-electron chi connectivity index (χ2n) is 12.2. The van der Waals surface area contributed by atoms with E-state index in [1.54, 1.807) is 35.2 Å². The first-order valence-corrected chi connectivity index (χ1v) is 17.4. The lowest BCUT2D eigenvalue weighted by Crippen LogP contribution is -2.55. The number of nitrogens with one attached hydrogen (secondary N) is 1. The number of hydrogen-bond donors (Lipinski definition) is 3. The number of fused-ring (bicyclic) bond motifs is 3. The minimum absolute atomic E-state index is 0.00776. The maximum Gasteiger partial charge on any atom is 0.247 e. The molecule has 47 heavy (non-hydrogen) atoms. The van der Waals surface area contributed by atoms with Crippen LogP contribution < -0.4 is 14.8 Å². The smallest absolute Gasteiger partial charge is 0.247 e. The van der Waals surface area contributed by atoms with Crippen LogP contribution in [0.4, 0.5) is 0 Å². The quantitative estimate of drug-likeness (QED) is 0.122. The fourth-order valence-electron chi connectivity index (χ4n) is 6.48. The number of unbranched alkanes of at least 4 members (excludes halogenated alkanes) is 8. The van der Waals surface area contributed by atoms with Crippen LogP contribution >= 0.6 is 23.2 Å². The van der Waals surface area contributed by atoms with Crippen molar-refractivity contribution in [1.29, 1.82) is 0 Å². The average molecular weight is 690 g/mol.